The van der Waals surface area contributed by atoms with Crippen molar-refractivity contribution in [3.8, 4) is 0 Å². The predicted molar refractivity (Wildman–Crippen MR) is 67.3 cm³/mol. The Labute approximate surface area is 98.6 Å². The molecule has 0 spiro atoms. The lowest BCUT2D eigenvalue weighted by Gasteiger charge is -2.14. The van der Waals surface area contributed by atoms with Gasteiger partial charge in [-0.1, -0.05) is 35.9 Å². The van der Waals surface area contributed by atoms with Gasteiger partial charge >= 0.3 is 5.97 Å². The molecule has 0 amide bonds. The molecule has 1 aromatic carbocycles. The van der Waals surface area contributed by atoms with E-state index in [0.29, 0.717) is 6.61 Å². The summed E-state index contributed by atoms with van der Waals surface area (Å²) in [5.41, 5.74) is 0.971. The lowest BCUT2D eigenvalue weighted by molar-refractivity contribution is -0.152. The fourth-order valence-corrected chi connectivity index (χ4v) is 0.882. The zero-order valence-electron chi connectivity index (χ0n) is 10.9. The van der Waals surface area contributed by atoms with Gasteiger partial charge in [0.2, 0.25) is 0 Å². The van der Waals surface area contributed by atoms with E-state index in [0.717, 1.165) is 0 Å². The van der Waals surface area contributed by atoms with Gasteiger partial charge in [0.1, 0.15) is 0 Å². The third-order valence-corrected chi connectivity index (χ3v) is 1.83. The number of rotatable bonds is 1. The summed E-state index contributed by atoms with van der Waals surface area (Å²) >= 11 is 0. The minimum Gasteiger partial charge on any atom is -0.466 e. The maximum atomic E-state index is 10.8. The second kappa shape index (κ2) is 7.04. The number of aryl methyl sites for hydroxylation is 1. The summed E-state index contributed by atoms with van der Waals surface area (Å²) in [4.78, 5) is 10.8. The Morgan fingerprint density at radius 1 is 1.19 bits per heavy atom. The van der Waals surface area contributed by atoms with E-state index < -0.39 is 0 Å². The summed E-state index contributed by atoms with van der Waals surface area (Å²) in [6.45, 7) is 9.88. The molecule has 0 saturated carbocycles. The summed E-state index contributed by atoms with van der Waals surface area (Å²) in [7, 11) is 0. The Bertz CT molecular complexity index is 296. The first-order valence-electron chi connectivity index (χ1n) is 5.56. The summed E-state index contributed by atoms with van der Waals surface area (Å²) in [5, 5.41) is 0. The number of esters is 1. The van der Waals surface area contributed by atoms with Crippen molar-refractivity contribution in [1.82, 2.24) is 0 Å². The minimum atomic E-state index is -0.351. The van der Waals surface area contributed by atoms with E-state index in [9.17, 15) is 4.79 Å². The lowest BCUT2D eigenvalue weighted by atomic mass is 9.97. The highest BCUT2D eigenvalue weighted by atomic mass is 16.5. The van der Waals surface area contributed by atoms with E-state index in [1.165, 1.54) is 5.56 Å². The molecule has 0 unspecified atom stereocenters. The van der Waals surface area contributed by atoms with Crippen molar-refractivity contribution in [2.75, 3.05) is 6.61 Å². The monoisotopic (exact) mass is 222 g/mol. The molecule has 0 N–H and O–H groups in total. The maximum Gasteiger partial charge on any atom is 0.311 e. The average Bonchev–Trinajstić information content (AvgIpc) is 2.19. The van der Waals surface area contributed by atoms with Crippen LogP contribution in [0.5, 0.6) is 0 Å². The molecule has 0 bridgehead atoms. The molecular formula is C14H22O2. The van der Waals surface area contributed by atoms with Gasteiger partial charge in [-0.05, 0) is 34.6 Å². The molecule has 0 heterocycles. The molecule has 0 saturated heterocycles. The first-order valence-corrected chi connectivity index (χ1v) is 5.56. The molecule has 0 radical (unpaired) electrons. The van der Waals surface area contributed by atoms with Crippen molar-refractivity contribution in [2.24, 2.45) is 5.41 Å². The molecule has 16 heavy (non-hydrogen) atoms. The van der Waals surface area contributed by atoms with Crippen molar-refractivity contribution >= 4 is 5.97 Å². The maximum absolute atomic E-state index is 10.8. The first-order chi connectivity index (χ1) is 7.38. The molecule has 0 aliphatic rings. The highest BCUT2D eigenvalue weighted by molar-refractivity contribution is 5.75. The Morgan fingerprint density at radius 3 is 1.88 bits per heavy atom. The van der Waals surface area contributed by atoms with Crippen LogP contribution in [0.15, 0.2) is 30.3 Å². The summed E-state index contributed by atoms with van der Waals surface area (Å²) in [5.74, 6) is -0.134. The highest BCUT2D eigenvalue weighted by Gasteiger charge is 2.21. The molecule has 0 aromatic heterocycles. The molecule has 0 aliphatic heterocycles. The fraction of sp³-hybridized carbons (Fsp3) is 0.500. The van der Waals surface area contributed by atoms with E-state index in [2.05, 4.69) is 19.1 Å². The zero-order chi connectivity index (χ0) is 12.6. The number of ether oxygens (including phenoxy) is 1. The van der Waals surface area contributed by atoms with E-state index in [1.54, 1.807) is 0 Å². The van der Waals surface area contributed by atoms with Crippen LogP contribution in [0.4, 0.5) is 0 Å². The van der Waals surface area contributed by atoms with Crippen LogP contribution in [0.3, 0.4) is 0 Å². The van der Waals surface area contributed by atoms with Crippen LogP contribution in [0.2, 0.25) is 0 Å². The first kappa shape index (κ1) is 14.7. The summed E-state index contributed by atoms with van der Waals surface area (Å²) in [6.07, 6.45) is 0. The van der Waals surface area contributed by atoms with Crippen LogP contribution < -0.4 is 0 Å². The molecule has 2 nitrogen and oxygen atoms in total. The van der Waals surface area contributed by atoms with Gasteiger partial charge in [0.25, 0.3) is 0 Å². The van der Waals surface area contributed by atoms with Crippen molar-refractivity contribution < 1.29 is 9.53 Å². The van der Waals surface area contributed by atoms with Gasteiger partial charge in [0.05, 0.1) is 12.0 Å². The van der Waals surface area contributed by atoms with E-state index in [1.807, 2.05) is 45.9 Å². The van der Waals surface area contributed by atoms with Crippen LogP contribution in [-0.2, 0) is 9.53 Å². The normalized spacial score (nSPS) is 10.1. The SMILES string of the molecule is CCOC(=O)C(C)(C)C.Cc1ccccc1. The number of carbonyl (C=O) groups is 1. The number of benzene rings is 1. The van der Waals surface area contributed by atoms with Crippen molar-refractivity contribution in [1.29, 1.82) is 0 Å². The van der Waals surface area contributed by atoms with Gasteiger partial charge in [-0.25, -0.2) is 0 Å². The Balaban J connectivity index is 0.000000288. The van der Waals surface area contributed by atoms with E-state index in [-0.39, 0.29) is 11.4 Å². The molecule has 0 aliphatic carbocycles. The molecular weight excluding hydrogens is 200 g/mol. The topological polar surface area (TPSA) is 26.3 Å². The predicted octanol–water partition coefficient (Wildman–Crippen LogP) is 3.59. The van der Waals surface area contributed by atoms with Crippen LogP contribution in [-0.4, -0.2) is 12.6 Å². The van der Waals surface area contributed by atoms with Gasteiger partial charge in [-0.3, -0.25) is 4.79 Å². The van der Waals surface area contributed by atoms with Crippen LogP contribution in [0.25, 0.3) is 0 Å². The highest BCUT2D eigenvalue weighted by Crippen LogP contribution is 2.14. The molecule has 1 rings (SSSR count). The van der Waals surface area contributed by atoms with E-state index in [4.69, 9.17) is 4.74 Å². The molecule has 0 atom stereocenters. The smallest absolute Gasteiger partial charge is 0.311 e. The number of carbonyl (C=O) groups excluding carboxylic acids is 1. The Morgan fingerprint density at radius 2 is 1.69 bits per heavy atom. The van der Waals surface area contributed by atoms with Crippen LogP contribution in [0, 0.1) is 12.3 Å². The minimum absolute atomic E-state index is 0.134. The molecule has 2 heteroatoms. The van der Waals surface area contributed by atoms with Gasteiger partial charge in [-0.15, -0.1) is 0 Å². The van der Waals surface area contributed by atoms with E-state index >= 15 is 0 Å². The van der Waals surface area contributed by atoms with Crippen molar-refractivity contribution in [3.05, 3.63) is 35.9 Å². The standard InChI is InChI=1S/C7H14O2.C7H8/c1-5-9-6(8)7(2,3)4;1-7-5-3-2-4-6-7/h5H2,1-4H3;2-6H,1H3. The Kier molecular flexibility index (Phi) is 6.47. The zero-order valence-corrected chi connectivity index (χ0v) is 10.9. The second-order valence-corrected chi connectivity index (χ2v) is 4.63. The third kappa shape index (κ3) is 7.04. The number of hydrogen-bond donors (Lipinski definition) is 0. The quantitative estimate of drug-likeness (QED) is 0.679. The summed E-state index contributed by atoms with van der Waals surface area (Å²) < 4.78 is 4.77. The van der Waals surface area contributed by atoms with Crippen LogP contribution in [0.1, 0.15) is 33.3 Å². The van der Waals surface area contributed by atoms with Gasteiger partial charge in [0.15, 0.2) is 0 Å². The lowest BCUT2D eigenvalue weighted by Crippen LogP contribution is -2.22. The number of hydrogen-bond acceptors (Lipinski definition) is 2. The fourth-order valence-electron chi connectivity index (χ4n) is 0.882. The van der Waals surface area contributed by atoms with Gasteiger partial charge in [0, 0.05) is 0 Å². The Hall–Kier alpha value is -1.31. The second-order valence-electron chi connectivity index (χ2n) is 4.63. The largest absolute Gasteiger partial charge is 0.466 e. The summed E-state index contributed by atoms with van der Waals surface area (Å²) in [6, 6.07) is 10.3. The van der Waals surface area contributed by atoms with Gasteiger partial charge < -0.3 is 4.74 Å². The van der Waals surface area contributed by atoms with Crippen molar-refractivity contribution in [3.63, 3.8) is 0 Å². The average molecular weight is 222 g/mol. The van der Waals surface area contributed by atoms with Gasteiger partial charge in [-0.2, -0.15) is 0 Å². The van der Waals surface area contributed by atoms with Crippen LogP contribution >= 0.6 is 0 Å². The molecule has 1 aromatic rings. The third-order valence-electron chi connectivity index (χ3n) is 1.83. The molecule has 90 valence electrons. The molecule has 0 fully saturated rings. The van der Waals surface area contributed by atoms with Crippen molar-refractivity contribution in [2.45, 2.75) is 34.6 Å².